The Balaban J connectivity index is 1.55. The predicted octanol–water partition coefficient (Wildman–Crippen LogP) is 0.307. The first-order chi connectivity index (χ1) is 17.9. The zero-order chi connectivity index (χ0) is 27.8. The molecule has 1 fully saturated rings. The normalized spacial score (nSPS) is 19.7. The van der Waals surface area contributed by atoms with Crippen molar-refractivity contribution in [3.05, 3.63) is 52.2 Å². The molecule has 4 rings (SSSR count). The lowest BCUT2D eigenvalue weighted by Crippen LogP contribution is -2.71. The van der Waals surface area contributed by atoms with E-state index >= 15 is 0 Å². The zero-order valence-corrected chi connectivity index (χ0v) is 22.9. The minimum atomic E-state index is -3.67. The molecular formula is C22H24N6O7S3. The number of aromatic nitrogens is 1. The van der Waals surface area contributed by atoms with Crippen molar-refractivity contribution < 1.29 is 32.7 Å². The van der Waals surface area contributed by atoms with Crippen LogP contribution < -0.4 is 11.1 Å². The van der Waals surface area contributed by atoms with Gasteiger partial charge < -0.3 is 21.0 Å². The molecule has 1 aromatic heterocycles. The van der Waals surface area contributed by atoms with Crippen LogP contribution in [0, 0.1) is 0 Å². The van der Waals surface area contributed by atoms with Gasteiger partial charge in [0.1, 0.15) is 29.9 Å². The molecule has 0 aliphatic carbocycles. The average Bonchev–Trinajstić information content (AvgIpc) is 3.30. The molecule has 202 valence electrons. The highest BCUT2D eigenvalue weighted by Gasteiger charge is 2.54. The number of benzene rings is 1. The molecule has 0 spiro atoms. The molecule has 4 N–H and O–H groups in total. The Labute approximate surface area is 226 Å². The summed E-state index contributed by atoms with van der Waals surface area (Å²) < 4.78 is 26.1. The van der Waals surface area contributed by atoms with Crippen LogP contribution in [0.4, 0.5) is 5.13 Å². The van der Waals surface area contributed by atoms with Gasteiger partial charge >= 0.3 is 5.97 Å². The van der Waals surface area contributed by atoms with Crippen LogP contribution in [0.1, 0.15) is 11.3 Å². The van der Waals surface area contributed by atoms with Crippen LogP contribution >= 0.6 is 23.1 Å². The Kier molecular flexibility index (Phi) is 7.78. The van der Waals surface area contributed by atoms with Crippen molar-refractivity contribution >= 4 is 61.7 Å². The molecule has 2 aromatic rings. The second-order valence-electron chi connectivity index (χ2n) is 8.42. The fourth-order valence-electron chi connectivity index (χ4n) is 3.99. The first kappa shape index (κ1) is 27.6. The van der Waals surface area contributed by atoms with Crippen LogP contribution in [-0.2, 0) is 35.7 Å². The van der Waals surface area contributed by atoms with Crippen LogP contribution in [0.15, 0.2) is 51.0 Å². The lowest BCUT2D eigenvalue weighted by molar-refractivity contribution is -0.150. The summed E-state index contributed by atoms with van der Waals surface area (Å²) in [5, 5.41) is 17.3. The van der Waals surface area contributed by atoms with Gasteiger partial charge in [0.15, 0.2) is 10.8 Å². The summed E-state index contributed by atoms with van der Waals surface area (Å²) in [5.41, 5.74) is 6.51. The zero-order valence-electron chi connectivity index (χ0n) is 20.4. The number of oxime groups is 1. The second-order valence-corrected chi connectivity index (χ2v) is 12.6. The highest BCUT2D eigenvalue weighted by molar-refractivity contribution is 8.00. The number of β-lactam (4-membered cyclic amide) rings is 1. The molecule has 0 radical (unpaired) electrons. The Morgan fingerprint density at radius 3 is 2.71 bits per heavy atom. The van der Waals surface area contributed by atoms with Crippen LogP contribution in [0.3, 0.4) is 0 Å². The van der Waals surface area contributed by atoms with Crippen molar-refractivity contribution in [2.24, 2.45) is 5.16 Å². The monoisotopic (exact) mass is 580 g/mol. The molecule has 2 aliphatic heterocycles. The van der Waals surface area contributed by atoms with E-state index in [9.17, 15) is 27.9 Å². The Hall–Kier alpha value is -3.47. The van der Waals surface area contributed by atoms with Crippen molar-refractivity contribution in [1.29, 1.82) is 0 Å². The van der Waals surface area contributed by atoms with E-state index in [4.69, 9.17) is 10.6 Å². The summed E-state index contributed by atoms with van der Waals surface area (Å²) in [6.45, 7) is 0. The third kappa shape index (κ3) is 5.11. The Morgan fingerprint density at radius 1 is 1.37 bits per heavy atom. The molecule has 38 heavy (non-hydrogen) atoms. The van der Waals surface area contributed by atoms with E-state index in [1.54, 1.807) is 12.1 Å². The minimum absolute atomic E-state index is 0.0806. The summed E-state index contributed by atoms with van der Waals surface area (Å²) in [5.74, 6) is -2.35. The van der Waals surface area contributed by atoms with Gasteiger partial charge in [-0.1, -0.05) is 17.3 Å². The molecule has 0 saturated carbocycles. The number of nitrogens with zero attached hydrogens (tertiary/aromatic N) is 4. The number of rotatable bonds is 9. The van der Waals surface area contributed by atoms with Gasteiger partial charge in [-0.15, -0.1) is 23.1 Å². The number of carboxylic acid groups (broad SMARTS) is 1. The van der Waals surface area contributed by atoms with E-state index in [-0.39, 0.29) is 39.3 Å². The number of anilines is 1. The van der Waals surface area contributed by atoms with Crippen molar-refractivity contribution in [2.75, 3.05) is 32.7 Å². The largest absolute Gasteiger partial charge is 0.477 e. The highest BCUT2D eigenvalue weighted by Crippen LogP contribution is 2.41. The molecule has 3 heterocycles. The van der Waals surface area contributed by atoms with Crippen molar-refractivity contribution in [3.8, 4) is 0 Å². The van der Waals surface area contributed by atoms with Crippen molar-refractivity contribution in [1.82, 2.24) is 19.5 Å². The van der Waals surface area contributed by atoms with Gasteiger partial charge in [0.05, 0.1) is 4.90 Å². The number of carbonyl (C=O) groups is 3. The lowest BCUT2D eigenvalue weighted by atomic mass is 9.99. The number of thioether (sulfide) groups is 1. The maximum atomic E-state index is 13.0. The number of sulfonamides is 1. The van der Waals surface area contributed by atoms with Gasteiger partial charge in [0, 0.05) is 25.2 Å². The molecule has 2 aliphatic rings. The summed E-state index contributed by atoms with van der Waals surface area (Å²) in [6.07, 6.45) is 0.134. The number of hydrogen-bond donors (Lipinski definition) is 3. The Bertz CT molecular complexity index is 1470. The number of aliphatic carboxylic acids is 1. The Morgan fingerprint density at radius 2 is 2.11 bits per heavy atom. The quantitative estimate of drug-likeness (QED) is 0.212. The van der Waals surface area contributed by atoms with Gasteiger partial charge in [0.2, 0.25) is 10.0 Å². The number of nitrogens with one attached hydrogen (secondary N) is 1. The molecule has 0 bridgehead atoms. The standard InChI is InChI=1S/C22H24N6O7S3/c1-27(2)38(33,34)13-6-4-5-11(8-13)7-12-9-36-20-16(19(30)28(20)17(12)21(31)32)25-18(29)15(26-35-3)14-10-37-22(23)24-14/h4-6,8,10,16,20H,7,9H2,1-3H3,(H2,23,24)(H,25,29)(H,31,32). The van der Waals surface area contributed by atoms with E-state index in [1.807, 2.05) is 0 Å². The summed E-state index contributed by atoms with van der Waals surface area (Å²) >= 11 is 2.40. The van der Waals surface area contributed by atoms with Gasteiger partial charge in [-0.3, -0.25) is 14.5 Å². The third-order valence-electron chi connectivity index (χ3n) is 5.79. The first-order valence-corrected chi connectivity index (χ1v) is 14.4. The van der Waals surface area contributed by atoms with Crippen LogP contribution in [-0.4, -0.2) is 89.6 Å². The van der Waals surface area contributed by atoms with Gasteiger partial charge in [-0.25, -0.2) is 22.5 Å². The highest BCUT2D eigenvalue weighted by atomic mass is 32.2. The second kappa shape index (κ2) is 10.7. The first-order valence-electron chi connectivity index (χ1n) is 11.0. The third-order valence-corrected chi connectivity index (χ3v) is 9.62. The van der Waals surface area contributed by atoms with Crippen LogP contribution in [0.2, 0.25) is 0 Å². The molecular weight excluding hydrogens is 556 g/mol. The molecule has 2 amide bonds. The number of carboxylic acids is 1. The predicted molar refractivity (Wildman–Crippen MR) is 141 cm³/mol. The van der Waals surface area contributed by atoms with Crippen LogP contribution in [0.25, 0.3) is 0 Å². The maximum Gasteiger partial charge on any atom is 0.352 e. The van der Waals surface area contributed by atoms with E-state index in [0.717, 1.165) is 20.5 Å². The number of hydrogen-bond acceptors (Lipinski definition) is 11. The molecule has 16 heteroatoms. The van der Waals surface area contributed by atoms with E-state index in [0.29, 0.717) is 11.1 Å². The average molecular weight is 581 g/mol. The fourth-order valence-corrected chi connectivity index (χ4v) is 6.86. The molecule has 13 nitrogen and oxygen atoms in total. The number of nitrogens with two attached hydrogens (primary N) is 1. The summed E-state index contributed by atoms with van der Waals surface area (Å²) in [7, 11) is 0.428. The molecule has 1 aromatic carbocycles. The van der Waals surface area contributed by atoms with E-state index in [2.05, 4.69) is 15.5 Å². The topological polar surface area (TPSA) is 185 Å². The summed E-state index contributed by atoms with van der Waals surface area (Å²) in [6, 6.07) is 5.24. The lowest BCUT2D eigenvalue weighted by Gasteiger charge is -2.49. The van der Waals surface area contributed by atoms with Gasteiger partial charge in [-0.05, 0) is 29.7 Å². The smallest absolute Gasteiger partial charge is 0.352 e. The summed E-state index contributed by atoms with van der Waals surface area (Å²) in [4.78, 5) is 48.1. The van der Waals surface area contributed by atoms with Crippen molar-refractivity contribution in [3.63, 3.8) is 0 Å². The van der Waals surface area contributed by atoms with E-state index in [1.165, 1.54) is 50.5 Å². The maximum absolute atomic E-state index is 13.0. The van der Waals surface area contributed by atoms with E-state index < -0.39 is 39.2 Å². The minimum Gasteiger partial charge on any atom is -0.477 e. The number of amides is 2. The number of thiazole rings is 1. The number of fused-ring (bicyclic) bond motifs is 1. The molecule has 1 saturated heterocycles. The van der Waals surface area contributed by atoms with Gasteiger partial charge in [-0.2, -0.15) is 0 Å². The number of nitrogen functional groups attached to an aromatic ring is 1. The molecule has 2 atom stereocenters. The molecule has 2 unspecified atom stereocenters. The van der Waals surface area contributed by atoms with Crippen LogP contribution in [0.5, 0.6) is 0 Å². The van der Waals surface area contributed by atoms with Crippen molar-refractivity contribution in [2.45, 2.75) is 22.7 Å². The van der Waals surface area contributed by atoms with Gasteiger partial charge in [0.25, 0.3) is 11.8 Å². The fraction of sp³-hybridized carbons (Fsp3) is 0.318. The SMILES string of the molecule is CON=C(C(=O)NC1C(=O)N2C(C(=O)O)=C(Cc3cccc(S(=O)(=O)N(C)C)c3)CSC12)c1csc(N)n1. The number of carbonyl (C=O) groups excluding carboxylic acids is 2.